The number of carbonyl (C=O) groups is 1. The quantitative estimate of drug-likeness (QED) is 0.435. The van der Waals surface area contributed by atoms with E-state index in [2.05, 4.69) is 6.58 Å². The molecule has 2 aliphatic rings. The molecular formula is C15H12Cl2FeO+2. The molecule has 0 spiro atoms. The minimum absolute atomic E-state index is 0. The van der Waals surface area contributed by atoms with E-state index >= 15 is 0 Å². The van der Waals surface area contributed by atoms with E-state index < -0.39 is 0 Å². The summed E-state index contributed by atoms with van der Waals surface area (Å²) in [5.41, 5.74) is 0. The fourth-order valence-electron chi connectivity index (χ4n) is 1.24. The van der Waals surface area contributed by atoms with E-state index in [-0.39, 0.29) is 17.1 Å². The van der Waals surface area contributed by atoms with Crippen molar-refractivity contribution in [3.63, 3.8) is 0 Å². The van der Waals surface area contributed by atoms with Gasteiger partial charge in [0.25, 0.3) is 0 Å². The molecule has 0 heterocycles. The number of aldehydes is 1. The summed E-state index contributed by atoms with van der Waals surface area (Å²) in [6, 6.07) is 0. The van der Waals surface area contributed by atoms with Crippen LogP contribution in [0.4, 0.5) is 0 Å². The van der Waals surface area contributed by atoms with Gasteiger partial charge >= 0.3 is 17.1 Å². The Balaban J connectivity index is 0.000000331. The average molecular weight is 335 g/mol. The maximum absolute atomic E-state index is 9.95. The molecule has 10 radical (unpaired) electrons. The third-order valence-electron chi connectivity index (χ3n) is 2.13. The number of hydrogen-bond acceptors (Lipinski definition) is 1. The summed E-state index contributed by atoms with van der Waals surface area (Å²) in [7, 11) is 0. The predicted molar refractivity (Wildman–Crippen MR) is 75.9 cm³/mol. The Morgan fingerprint density at radius 3 is 1.68 bits per heavy atom. The van der Waals surface area contributed by atoms with Crippen LogP contribution in [0, 0.1) is 63.2 Å². The smallest absolute Gasteiger partial charge is 0.299 e. The van der Waals surface area contributed by atoms with Crippen molar-refractivity contribution in [1.29, 1.82) is 0 Å². The zero-order chi connectivity index (χ0) is 13.4. The van der Waals surface area contributed by atoms with Crippen LogP contribution in [-0.2, 0) is 21.9 Å². The fraction of sp³-hybridized carbons (Fsp3) is 0. The second-order valence-electron chi connectivity index (χ2n) is 3.40. The largest absolute Gasteiger partial charge is 2.00 e. The van der Waals surface area contributed by atoms with Gasteiger partial charge in [0.2, 0.25) is 0 Å². The van der Waals surface area contributed by atoms with Crippen LogP contribution in [0.2, 0.25) is 0 Å². The molecule has 0 aromatic heterocycles. The first-order chi connectivity index (χ1) is 8.65. The van der Waals surface area contributed by atoms with Gasteiger partial charge in [0, 0.05) is 21.9 Å². The van der Waals surface area contributed by atoms with Gasteiger partial charge in [-0.2, -0.15) is 0 Å². The fourth-order valence-corrected chi connectivity index (χ4v) is 1.55. The van der Waals surface area contributed by atoms with E-state index in [0.29, 0.717) is 16.4 Å². The Morgan fingerprint density at radius 2 is 1.37 bits per heavy atom. The number of halogens is 2. The van der Waals surface area contributed by atoms with Gasteiger partial charge in [-0.25, -0.2) is 0 Å². The van der Waals surface area contributed by atoms with Gasteiger partial charge in [0.1, 0.15) is 6.29 Å². The van der Waals surface area contributed by atoms with Gasteiger partial charge in [-0.05, 0) is 57.4 Å². The third-order valence-corrected chi connectivity index (χ3v) is 2.69. The summed E-state index contributed by atoms with van der Waals surface area (Å²) in [6.07, 6.45) is 17.2. The molecule has 2 fully saturated rings. The molecule has 2 aliphatic carbocycles. The molecule has 2 rings (SSSR count). The van der Waals surface area contributed by atoms with Crippen LogP contribution in [0.3, 0.4) is 0 Å². The molecule has 2 saturated carbocycles. The van der Waals surface area contributed by atoms with Gasteiger partial charge in [0.05, 0.1) is 0 Å². The van der Waals surface area contributed by atoms with Crippen LogP contribution in [0.25, 0.3) is 0 Å². The minimum Gasteiger partial charge on any atom is -0.299 e. The van der Waals surface area contributed by atoms with Crippen molar-refractivity contribution in [1.82, 2.24) is 0 Å². The van der Waals surface area contributed by atoms with Crippen molar-refractivity contribution in [2.75, 3.05) is 0 Å². The monoisotopic (exact) mass is 334 g/mol. The van der Waals surface area contributed by atoms with Crippen molar-refractivity contribution in [3.8, 4) is 0 Å². The van der Waals surface area contributed by atoms with Gasteiger partial charge in [-0.1, -0.05) is 29.8 Å². The van der Waals surface area contributed by atoms with Crippen LogP contribution in [0.15, 0.2) is 22.7 Å². The van der Waals surface area contributed by atoms with Crippen LogP contribution < -0.4 is 0 Å². The molecule has 0 saturated heterocycles. The van der Waals surface area contributed by atoms with Crippen LogP contribution in [0.5, 0.6) is 0 Å². The van der Waals surface area contributed by atoms with Gasteiger partial charge in [0.15, 0.2) is 0 Å². The first kappa shape index (κ1) is 19.2. The first-order valence-electron chi connectivity index (χ1n) is 5.24. The van der Waals surface area contributed by atoms with Crippen LogP contribution >= 0.6 is 23.2 Å². The Labute approximate surface area is 137 Å². The Hall–Kier alpha value is 0.249. The van der Waals surface area contributed by atoms with Crippen LogP contribution in [0.1, 0.15) is 0 Å². The van der Waals surface area contributed by atoms with Crippen molar-refractivity contribution in [2.24, 2.45) is 0 Å². The van der Waals surface area contributed by atoms with E-state index in [0.717, 1.165) is 11.8 Å². The minimum atomic E-state index is 0. The topological polar surface area (TPSA) is 17.1 Å². The number of carbonyl (C=O) groups excluding carboxylic acids is 1. The molecular weight excluding hydrogens is 323 g/mol. The van der Waals surface area contributed by atoms with E-state index in [9.17, 15) is 4.79 Å². The standard InChI is InChI=1S/C8H6ClO.C7H6Cl.Fe/c9-8(5-6-10)7-3-1-2-4-7;1-6(8)7-4-2-3-5-7;/h1-6H;2-5H,1H2;/q;;+2/b8-5-;;. The normalized spacial score (nSPS) is 20.4. The number of rotatable bonds is 3. The Morgan fingerprint density at radius 1 is 0.947 bits per heavy atom. The molecule has 0 atom stereocenters. The zero-order valence-corrected chi connectivity index (χ0v) is 12.6. The molecule has 0 N–H and O–H groups in total. The molecule has 0 aromatic rings. The van der Waals surface area contributed by atoms with E-state index in [1.807, 2.05) is 51.4 Å². The Bertz CT molecular complexity index is 303. The SMILES string of the molecule is C=C(Cl)[C]1[CH][CH][CH][CH]1.O=C/C=C(\Cl)[C]1[CH][CH][CH][CH]1.[Fe+2]. The number of allylic oxidation sites excluding steroid dienone is 3. The van der Waals surface area contributed by atoms with E-state index in [1.54, 1.807) is 0 Å². The van der Waals surface area contributed by atoms with Gasteiger partial charge in [-0.3, -0.25) is 4.79 Å². The van der Waals surface area contributed by atoms with E-state index in [4.69, 9.17) is 23.2 Å². The molecule has 0 bridgehead atoms. The molecule has 1 nitrogen and oxygen atoms in total. The maximum Gasteiger partial charge on any atom is 2.00 e. The molecule has 4 heteroatoms. The second kappa shape index (κ2) is 11.0. The van der Waals surface area contributed by atoms with Crippen molar-refractivity contribution in [2.45, 2.75) is 0 Å². The van der Waals surface area contributed by atoms with Crippen molar-refractivity contribution >= 4 is 29.5 Å². The molecule has 0 aliphatic heterocycles. The summed E-state index contributed by atoms with van der Waals surface area (Å²) in [5.74, 6) is 1.89. The summed E-state index contributed by atoms with van der Waals surface area (Å²) in [4.78, 5) is 9.95. The zero-order valence-electron chi connectivity index (χ0n) is 10.00. The number of hydrogen-bond donors (Lipinski definition) is 0. The molecule has 0 unspecified atom stereocenters. The van der Waals surface area contributed by atoms with Gasteiger partial charge in [-0.15, -0.1) is 0 Å². The van der Waals surface area contributed by atoms with Gasteiger partial charge < -0.3 is 0 Å². The summed E-state index contributed by atoms with van der Waals surface area (Å²) >= 11 is 11.2. The maximum atomic E-state index is 9.95. The first-order valence-corrected chi connectivity index (χ1v) is 6.00. The summed E-state index contributed by atoms with van der Waals surface area (Å²) in [5, 5.41) is 1.09. The average Bonchev–Trinajstić information content (AvgIpc) is 3.04. The molecule has 19 heavy (non-hydrogen) atoms. The van der Waals surface area contributed by atoms with E-state index in [1.165, 1.54) is 6.08 Å². The molecule has 0 aromatic carbocycles. The van der Waals surface area contributed by atoms with Crippen molar-refractivity contribution < 1.29 is 21.9 Å². The summed E-state index contributed by atoms with van der Waals surface area (Å²) in [6.45, 7) is 3.56. The van der Waals surface area contributed by atoms with Crippen LogP contribution in [-0.4, -0.2) is 6.29 Å². The molecule has 98 valence electrons. The third kappa shape index (κ3) is 7.56. The second-order valence-corrected chi connectivity index (χ2v) is 4.27. The molecule has 0 amide bonds. The Kier molecular flexibility index (Phi) is 11.1. The van der Waals surface area contributed by atoms with Crippen molar-refractivity contribution in [3.05, 3.63) is 85.9 Å². The predicted octanol–water partition coefficient (Wildman–Crippen LogP) is 3.85. The summed E-state index contributed by atoms with van der Waals surface area (Å²) < 4.78 is 0.